The van der Waals surface area contributed by atoms with E-state index in [9.17, 15) is 16.8 Å². The largest absolute Gasteiger partial charge is 0.265 e. The molecule has 1 aliphatic heterocycles. The van der Waals surface area contributed by atoms with Gasteiger partial charge in [-0.05, 0) is 42.5 Å². The predicted molar refractivity (Wildman–Crippen MR) is 126 cm³/mol. The van der Waals surface area contributed by atoms with Crippen molar-refractivity contribution in [3.63, 3.8) is 0 Å². The van der Waals surface area contributed by atoms with Crippen LogP contribution >= 0.6 is 11.6 Å². The van der Waals surface area contributed by atoms with Gasteiger partial charge in [-0.25, -0.2) is 26.7 Å². The number of sulfonamides is 2. The van der Waals surface area contributed by atoms with Crippen LogP contribution in [0, 0.1) is 0 Å². The summed E-state index contributed by atoms with van der Waals surface area (Å²) in [5, 5.41) is 10.5. The number of hydrogen-bond donors (Lipinski definition) is 1. The summed E-state index contributed by atoms with van der Waals surface area (Å²) in [5.74, 6) is 0. The molecule has 11 heteroatoms. The van der Waals surface area contributed by atoms with Gasteiger partial charge in [-0.1, -0.05) is 41.9 Å². The molecular weight excluding hydrogens is 484 g/mol. The Morgan fingerprint density at radius 1 is 0.939 bits per heavy atom. The number of hydrogen-bond acceptors (Lipinski definition) is 5. The molecule has 0 bridgehead atoms. The molecule has 8 nitrogen and oxygen atoms in total. The van der Waals surface area contributed by atoms with Gasteiger partial charge in [0, 0.05) is 23.2 Å². The van der Waals surface area contributed by atoms with Crippen molar-refractivity contribution in [3.8, 4) is 28.2 Å². The molecular formula is C22H17ClN4O4S2. The molecule has 0 spiro atoms. The van der Waals surface area contributed by atoms with Gasteiger partial charge in [-0.15, -0.1) is 0 Å². The van der Waals surface area contributed by atoms with Crippen LogP contribution in [0.25, 0.3) is 28.2 Å². The number of halogens is 1. The summed E-state index contributed by atoms with van der Waals surface area (Å²) in [7, 11) is -6.19. The fourth-order valence-electron chi connectivity index (χ4n) is 3.87. The fourth-order valence-corrected chi connectivity index (χ4v) is 5.91. The lowest BCUT2D eigenvalue weighted by Gasteiger charge is -2.27. The second kappa shape index (κ2) is 7.42. The standard InChI is InChI=1S/C22H17ClN4O4S2/c1-26-22-20(14-6-8-15(23)9-7-14)25-27(16-10-12-17(13-11-16)32(24,28)29)21(22)18-4-2-3-5-19(18)33(26,30)31/h2-13H,1H3,(H2,24,28,29). The SMILES string of the molecule is CN1c2c(-c3ccc(Cl)cc3)nn(-c3ccc(S(N)(=O)=O)cc3)c2-c2ccccc2S1(=O)=O. The van der Waals surface area contributed by atoms with Gasteiger partial charge in [0.2, 0.25) is 10.0 Å². The predicted octanol–water partition coefficient (Wildman–Crippen LogP) is 3.65. The third-order valence-electron chi connectivity index (χ3n) is 5.48. The van der Waals surface area contributed by atoms with Crippen LogP contribution in [0.15, 0.2) is 82.6 Å². The molecule has 0 unspecified atom stereocenters. The molecule has 3 aromatic carbocycles. The Morgan fingerprint density at radius 2 is 1.58 bits per heavy atom. The zero-order valence-electron chi connectivity index (χ0n) is 17.2. The van der Waals surface area contributed by atoms with Gasteiger partial charge >= 0.3 is 0 Å². The first-order valence-electron chi connectivity index (χ1n) is 9.69. The lowest BCUT2D eigenvalue weighted by molar-refractivity contribution is 0.593. The first-order chi connectivity index (χ1) is 15.6. The van der Waals surface area contributed by atoms with Crippen LogP contribution in [-0.2, 0) is 20.0 Å². The monoisotopic (exact) mass is 500 g/mol. The molecule has 4 aromatic rings. The molecule has 168 valence electrons. The smallest absolute Gasteiger partial charge is 0.264 e. The highest BCUT2D eigenvalue weighted by atomic mass is 35.5. The van der Waals surface area contributed by atoms with Crippen LogP contribution in [0.5, 0.6) is 0 Å². The fraction of sp³-hybridized carbons (Fsp3) is 0.0455. The molecule has 0 aliphatic carbocycles. The highest BCUT2D eigenvalue weighted by Crippen LogP contribution is 2.48. The number of aromatic nitrogens is 2. The zero-order valence-corrected chi connectivity index (χ0v) is 19.6. The summed E-state index contributed by atoms with van der Waals surface area (Å²) in [6, 6.07) is 19.5. The second-order valence-electron chi connectivity index (χ2n) is 7.47. The summed E-state index contributed by atoms with van der Waals surface area (Å²) < 4.78 is 52.8. The van der Waals surface area contributed by atoms with Crippen molar-refractivity contribution in [3.05, 3.63) is 77.8 Å². The average Bonchev–Trinajstić information content (AvgIpc) is 3.18. The number of rotatable bonds is 3. The van der Waals surface area contributed by atoms with Gasteiger partial charge < -0.3 is 0 Å². The molecule has 0 saturated heterocycles. The highest BCUT2D eigenvalue weighted by molar-refractivity contribution is 7.93. The van der Waals surface area contributed by atoms with Crippen LogP contribution in [0.2, 0.25) is 5.02 Å². The van der Waals surface area contributed by atoms with Crippen LogP contribution in [-0.4, -0.2) is 33.7 Å². The summed E-state index contributed by atoms with van der Waals surface area (Å²) in [5.41, 5.74) is 3.13. The van der Waals surface area contributed by atoms with Crippen molar-refractivity contribution in [2.75, 3.05) is 11.4 Å². The van der Waals surface area contributed by atoms with E-state index in [1.54, 1.807) is 65.3 Å². The van der Waals surface area contributed by atoms with Gasteiger partial charge in [0.05, 0.1) is 15.5 Å². The van der Waals surface area contributed by atoms with Crippen LogP contribution in [0.3, 0.4) is 0 Å². The highest BCUT2D eigenvalue weighted by Gasteiger charge is 2.38. The van der Waals surface area contributed by atoms with Crippen LogP contribution < -0.4 is 9.44 Å². The Hall–Kier alpha value is -3.18. The minimum absolute atomic E-state index is 0.0368. The van der Waals surface area contributed by atoms with E-state index in [1.165, 1.54) is 23.5 Å². The lowest BCUT2D eigenvalue weighted by atomic mass is 10.1. The number of nitrogens with two attached hydrogens (primary N) is 1. The molecule has 2 N–H and O–H groups in total. The Bertz CT molecular complexity index is 1610. The summed E-state index contributed by atoms with van der Waals surface area (Å²) in [6.45, 7) is 0. The van der Waals surface area contributed by atoms with E-state index in [0.29, 0.717) is 38.9 Å². The Morgan fingerprint density at radius 3 is 2.21 bits per heavy atom. The minimum atomic E-state index is -3.86. The van der Waals surface area contributed by atoms with Crippen LogP contribution in [0.1, 0.15) is 0 Å². The van der Waals surface area contributed by atoms with Crippen molar-refractivity contribution in [2.45, 2.75) is 9.79 Å². The van der Waals surface area contributed by atoms with Crippen molar-refractivity contribution < 1.29 is 16.8 Å². The van der Waals surface area contributed by atoms with E-state index in [2.05, 4.69) is 0 Å². The number of nitrogens with zero attached hydrogens (tertiary/aromatic N) is 3. The second-order valence-corrected chi connectivity index (χ2v) is 11.4. The van der Waals surface area contributed by atoms with Gasteiger partial charge in [0.1, 0.15) is 17.1 Å². The van der Waals surface area contributed by atoms with E-state index < -0.39 is 20.0 Å². The summed E-state index contributed by atoms with van der Waals surface area (Å²) >= 11 is 6.04. The first-order valence-corrected chi connectivity index (χ1v) is 13.1. The van der Waals surface area contributed by atoms with Crippen molar-refractivity contribution in [2.24, 2.45) is 5.14 Å². The molecule has 0 amide bonds. The van der Waals surface area contributed by atoms with Gasteiger partial charge in [-0.3, -0.25) is 4.31 Å². The third-order valence-corrected chi connectivity index (χ3v) is 8.48. The Labute approximate surface area is 195 Å². The van der Waals surface area contributed by atoms with E-state index in [0.717, 1.165) is 0 Å². The Kier molecular flexibility index (Phi) is 4.87. The maximum Gasteiger partial charge on any atom is 0.264 e. The quantitative estimate of drug-likeness (QED) is 0.461. The number of fused-ring (bicyclic) bond motifs is 3. The first kappa shape index (κ1) is 21.7. The molecule has 5 rings (SSSR count). The lowest BCUT2D eigenvalue weighted by Crippen LogP contribution is -2.30. The summed E-state index contributed by atoms with van der Waals surface area (Å²) in [4.78, 5) is 0.121. The van der Waals surface area contributed by atoms with Crippen molar-refractivity contribution in [1.82, 2.24) is 9.78 Å². The number of benzene rings is 3. The van der Waals surface area contributed by atoms with E-state index >= 15 is 0 Å². The topological polar surface area (TPSA) is 115 Å². The van der Waals surface area contributed by atoms with E-state index in [4.69, 9.17) is 21.8 Å². The van der Waals surface area contributed by atoms with Crippen molar-refractivity contribution in [1.29, 1.82) is 0 Å². The van der Waals surface area contributed by atoms with Crippen molar-refractivity contribution >= 4 is 37.3 Å². The zero-order chi connectivity index (χ0) is 23.5. The van der Waals surface area contributed by atoms with Crippen LogP contribution in [0.4, 0.5) is 5.69 Å². The molecule has 2 heterocycles. The van der Waals surface area contributed by atoms with Gasteiger partial charge in [0.15, 0.2) is 0 Å². The third kappa shape index (κ3) is 3.42. The average molecular weight is 501 g/mol. The molecule has 1 aliphatic rings. The normalized spacial score (nSPS) is 14.6. The van der Waals surface area contributed by atoms with E-state index in [1.807, 2.05) is 0 Å². The molecule has 0 atom stereocenters. The molecule has 0 saturated carbocycles. The maximum atomic E-state index is 13.3. The van der Waals surface area contributed by atoms with Gasteiger partial charge in [-0.2, -0.15) is 5.10 Å². The maximum absolute atomic E-state index is 13.3. The molecule has 33 heavy (non-hydrogen) atoms. The summed E-state index contributed by atoms with van der Waals surface area (Å²) in [6.07, 6.45) is 0. The Balaban J connectivity index is 1.84. The van der Waals surface area contributed by atoms with Gasteiger partial charge in [0.25, 0.3) is 10.0 Å². The minimum Gasteiger partial charge on any atom is -0.265 e. The molecule has 0 radical (unpaired) electrons. The molecule has 1 aromatic heterocycles. The number of anilines is 1. The number of primary sulfonamides is 1. The van der Waals surface area contributed by atoms with E-state index in [-0.39, 0.29) is 9.79 Å². The molecule has 0 fully saturated rings.